The van der Waals surface area contributed by atoms with Gasteiger partial charge in [0.1, 0.15) is 17.3 Å². The number of hydrogen-bond acceptors (Lipinski definition) is 5. The van der Waals surface area contributed by atoms with Crippen LogP contribution in [0.25, 0.3) is 11.1 Å². The van der Waals surface area contributed by atoms with E-state index in [9.17, 15) is 8.42 Å². The molecule has 7 nitrogen and oxygen atoms in total. The Bertz CT molecular complexity index is 1180. The van der Waals surface area contributed by atoms with Gasteiger partial charge < -0.3 is 4.74 Å². The topological polar surface area (TPSA) is 76.5 Å². The Morgan fingerprint density at radius 3 is 2.45 bits per heavy atom. The van der Waals surface area contributed by atoms with Crippen LogP contribution in [0.3, 0.4) is 0 Å². The summed E-state index contributed by atoms with van der Waals surface area (Å²) in [4.78, 5) is 2.74. The van der Waals surface area contributed by atoms with E-state index in [0.29, 0.717) is 18.7 Å². The van der Waals surface area contributed by atoms with E-state index in [1.54, 1.807) is 7.05 Å². The molecule has 2 aromatic carbocycles. The number of aromatic nitrogens is 2. The van der Waals surface area contributed by atoms with Crippen LogP contribution in [0.15, 0.2) is 71.9 Å². The fourth-order valence-electron chi connectivity index (χ4n) is 5.23. The van der Waals surface area contributed by atoms with Crippen molar-refractivity contribution in [2.45, 2.75) is 48.7 Å². The molecule has 33 heavy (non-hydrogen) atoms. The highest BCUT2D eigenvalue weighted by Crippen LogP contribution is 2.36. The van der Waals surface area contributed by atoms with Crippen molar-refractivity contribution in [3.05, 3.63) is 67.0 Å². The molecule has 1 N–H and O–H groups in total. The SMILES string of the molecule is Cn1cc(S(=O)(=O)NC2CC3CCC(C2)N3CCOc2cccc(-c3ccccc3)c2)cn1. The molecule has 0 amide bonds. The number of benzene rings is 2. The molecule has 2 bridgehead atoms. The van der Waals surface area contributed by atoms with Gasteiger partial charge in [0.05, 0.1) is 6.20 Å². The molecule has 0 saturated carbocycles. The van der Waals surface area contributed by atoms with Gasteiger partial charge >= 0.3 is 0 Å². The zero-order valence-electron chi connectivity index (χ0n) is 18.8. The number of nitrogens with one attached hydrogen (secondary N) is 1. The third kappa shape index (κ3) is 4.98. The molecule has 2 aliphatic rings. The quantitative estimate of drug-likeness (QED) is 0.550. The molecule has 0 spiro atoms. The summed E-state index contributed by atoms with van der Waals surface area (Å²) in [7, 11) is -1.81. The first-order valence-corrected chi connectivity index (χ1v) is 13.0. The highest BCUT2D eigenvalue weighted by atomic mass is 32.2. The maximum absolute atomic E-state index is 12.7. The second-order valence-electron chi connectivity index (χ2n) is 9.00. The van der Waals surface area contributed by atoms with Gasteiger partial charge in [-0.05, 0) is 48.9 Å². The van der Waals surface area contributed by atoms with Gasteiger partial charge in [0.2, 0.25) is 10.0 Å². The van der Waals surface area contributed by atoms with E-state index < -0.39 is 10.0 Å². The maximum atomic E-state index is 12.7. The first-order chi connectivity index (χ1) is 16.0. The fraction of sp³-hybridized carbons (Fsp3) is 0.400. The summed E-state index contributed by atoms with van der Waals surface area (Å²) in [5.41, 5.74) is 2.33. The summed E-state index contributed by atoms with van der Waals surface area (Å²) >= 11 is 0. The maximum Gasteiger partial charge on any atom is 0.243 e. The fourth-order valence-corrected chi connectivity index (χ4v) is 6.47. The average Bonchev–Trinajstić information content (AvgIpc) is 3.35. The van der Waals surface area contributed by atoms with Gasteiger partial charge in [-0.1, -0.05) is 42.5 Å². The first kappa shape index (κ1) is 22.1. The molecule has 2 saturated heterocycles. The van der Waals surface area contributed by atoms with Crippen LogP contribution in [0.4, 0.5) is 0 Å². The first-order valence-electron chi connectivity index (χ1n) is 11.5. The molecule has 2 atom stereocenters. The number of hydrogen-bond donors (Lipinski definition) is 1. The zero-order chi connectivity index (χ0) is 22.8. The summed E-state index contributed by atoms with van der Waals surface area (Å²) in [6.07, 6.45) is 6.82. The van der Waals surface area contributed by atoms with Gasteiger partial charge in [-0.15, -0.1) is 0 Å². The number of sulfonamides is 1. The Balaban J connectivity index is 1.15. The zero-order valence-corrected chi connectivity index (χ0v) is 19.6. The molecule has 0 radical (unpaired) electrons. The van der Waals surface area contributed by atoms with Gasteiger partial charge in [0.25, 0.3) is 0 Å². The number of fused-ring (bicyclic) bond motifs is 2. The molecule has 0 aliphatic carbocycles. The molecule has 174 valence electrons. The normalized spacial score (nSPS) is 23.0. The summed E-state index contributed by atoms with van der Waals surface area (Å²) in [6.45, 7) is 1.48. The summed E-state index contributed by atoms with van der Waals surface area (Å²) in [6, 6.07) is 19.3. The van der Waals surface area contributed by atoms with Gasteiger partial charge in [0, 0.05) is 37.9 Å². The van der Waals surface area contributed by atoms with E-state index in [4.69, 9.17) is 4.74 Å². The van der Waals surface area contributed by atoms with Crippen molar-refractivity contribution >= 4 is 10.0 Å². The molecule has 2 fully saturated rings. The Kier molecular flexibility index (Phi) is 6.23. The van der Waals surface area contributed by atoms with E-state index in [0.717, 1.165) is 43.5 Å². The van der Waals surface area contributed by atoms with Crippen molar-refractivity contribution in [1.29, 1.82) is 0 Å². The van der Waals surface area contributed by atoms with Crippen LogP contribution in [-0.4, -0.2) is 54.4 Å². The van der Waals surface area contributed by atoms with Crippen molar-refractivity contribution in [1.82, 2.24) is 19.4 Å². The van der Waals surface area contributed by atoms with Crippen LogP contribution >= 0.6 is 0 Å². The van der Waals surface area contributed by atoms with Gasteiger partial charge in [-0.25, -0.2) is 13.1 Å². The van der Waals surface area contributed by atoms with Gasteiger partial charge in [-0.2, -0.15) is 5.10 Å². The molecule has 1 aromatic heterocycles. The van der Waals surface area contributed by atoms with Crippen LogP contribution in [0, 0.1) is 0 Å². The second-order valence-corrected chi connectivity index (χ2v) is 10.7. The van der Waals surface area contributed by atoms with Gasteiger partial charge in [0.15, 0.2) is 0 Å². The molecule has 5 rings (SSSR count). The predicted octanol–water partition coefficient (Wildman–Crippen LogP) is 3.44. The standard InChI is InChI=1S/C25H30N4O3S/c1-28-18-25(17-26-28)33(30,31)27-21-15-22-10-11-23(16-21)29(22)12-13-32-24-9-5-8-20(14-24)19-6-3-2-4-7-19/h2-9,14,17-18,21-23,27H,10-13,15-16H2,1H3. The molecule has 2 aliphatic heterocycles. The summed E-state index contributed by atoms with van der Waals surface area (Å²) in [5.74, 6) is 0.878. The lowest BCUT2D eigenvalue weighted by Crippen LogP contribution is -2.51. The molecule has 8 heteroatoms. The lowest BCUT2D eigenvalue weighted by atomic mass is 9.98. The van der Waals surface area contributed by atoms with Crippen LogP contribution in [-0.2, 0) is 17.1 Å². The lowest BCUT2D eigenvalue weighted by Gasteiger charge is -2.38. The van der Waals surface area contributed by atoms with E-state index in [-0.39, 0.29) is 10.9 Å². The van der Waals surface area contributed by atoms with Gasteiger partial charge in [-0.3, -0.25) is 9.58 Å². The van der Waals surface area contributed by atoms with Crippen molar-refractivity contribution in [2.75, 3.05) is 13.2 Å². The minimum Gasteiger partial charge on any atom is -0.492 e. The van der Waals surface area contributed by atoms with Crippen LogP contribution in [0.1, 0.15) is 25.7 Å². The minimum atomic E-state index is -3.53. The average molecular weight is 467 g/mol. The Morgan fingerprint density at radius 2 is 1.76 bits per heavy atom. The Morgan fingerprint density at radius 1 is 1.03 bits per heavy atom. The smallest absolute Gasteiger partial charge is 0.243 e. The van der Waals surface area contributed by atoms with Crippen molar-refractivity contribution in [3.63, 3.8) is 0 Å². The van der Waals surface area contributed by atoms with E-state index >= 15 is 0 Å². The summed E-state index contributed by atoms with van der Waals surface area (Å²) < 4.78 is 35.9. The molecule has 3 heterocycles. The number of aryl methyl sites for hydroxylation is 1. The third-order valence-electron chi connectivity index (χ3n) is 6.76. The third-order valence-corrected chi connectivity index (χ3v) is 8.23. The molecular formula is C25H30N4O3S. The van der Waals surface area contributed by atoms with Crippen LogP contribution in [0.5, 0.6) is 5.75 Å². The largest absolute Gasteiger partial charge is 0.492 e. The number of rotatable bonds is 8. The Hall–Kier alpha value is -2.68. The monoisotopic (exact) mass is 466 g/mol. The lowest BCUT2D eigenvalue weighted by molar-refractivity contribution is 0.103. The van der Waals surface area contributed by atoms with Crippen LogP contribution in [0.2, 0.25) is 0 Å². The van der Waals surface area contributed by atoms with Crippen molar-refractivity contribution < 1.29 is 13.2 Å². The molecular weight excluding hydrogens is 436 g/mol. The number of nitrogens with zero attached hydrogens (tertiary/aromatic N) is 3. The molecule has 3 aromatic rings. The number of ether oxygens (including phenoxy) is 1. The number of piperidine rings is 1. The highest BCUT2D eigenvalue weighted by molar-refractivity contribution is 7.89. The van der Waals surface area contributed by atoms with E-state index in [1.807, 2.05) is 30.3 Å². The van der Waals surface area contributed by atoms with Crippen LogP contribution < -0.4 is 9.46 Å². The summed E-state index contributed by atoms with van der Waals surface area (Å²) in [5, 5.41) is 3.99. The highest BCUT2D eigenvalue weighted by Gasteiger charge is 2.41. The van der Waals surface area contributed by atoms with Crippen molar-refractivity contribution in [2.24, 2.45) is 7.05 Å². The van der Waals surface area contributed by atoms with E-state index in [2.05, 4.69) is 39.0 Å². The second kappa shape index (κ2) is 9.29. The van der Waals surface area contributed by atoms with Crippen molar-refractivity contribution in [3.8, 4) is 16.9 Å². The minimum absolute atomic E-state index is 0.0348. The predicted molar refractivity (Wildman–Crippen MR) is 127 cm³/mol. The molecule has 2 unspecified atom stereocenters. The Labute approximate surface area is 195 Å². The van der Waals surface area contributed by atoms with E-state index in [1.165, 1.54) is 22.6 Å².